The predicted molar refractivity (Wildman–Crippen MR) is 78.5 cm³/mol. The lowest BCUT2D eigenvalue weighted by molar-refractivity contribution is 0.355. The van der Waals surface area contributed by atoms with E-state index in [0.717, 1.165) is 11.4 Å². The van der Waals surface area contributed by atoms with Gasteiger partial charge in [-0.05, 0) is 11.6 Å². The molecule has 1 aromatic rings. The van der Waals surface area contributed by atoms with E-state index in [0.29, 0.717) is 32.7 Å². The maximum atomic E-state index is 12.0. The standard InChI is InChI=1S/C12H21N5O2S/c1-15(2)20(18,19)17-7-5-16(6-8-17)12-4-3-11(9-13)10-14-12/h3-4,10H,5-9,13H2,1-2H3. The Balaban J connectivity index is 2.00. The summed E-state index contributed by atoms with van der Waals surface area (Å²) in [6.07, 6.45) is 1.76. The highest BCUT2D eigenvalue weighted by Gasteiger charge is 2.28. The van der Waals surface area contributed by atoms with Gasteiger partial charge in [0.05, 0.1) is 0 Å². The van der Waals surface area contributed by atoms with Crippen molar-refractivity contribution in [1.82, 2.24) is 13.6 Å². The Hall–Kier alpha value is -1.22. The maximum absolute atomic E-state index is 12.0. The maximum Gasteiger partial charge on any atom is 0.281 e. The highest BCUT2D eigenvalue weighted by atomic mass is 32.2. The van der Waals surface area contributed by atoms with Crippen LogP contribution in [0.5, 0.6) is 0 Å². The first kappa shape index (κ1) is 15.2. The Morgan fingerprint density at radius 3 is 2.35 bits per heavy atom. The van der Waals surface area contributed by atoms with Gasteiger partial charge in [0.15, 0.2) is 0 Å². The van der Waals surface area contributed by atoms with E-state index in [9.17, 15) is 8.42 Å². The first-order valence-electron chi connectivity index (χ1n) is 6.52. The van der Waals surface area contributed by atoms with Crippen LogP contribution < -0.4 is 10.6 Å². The van der Waals surface area contributed by atoms with Gasteiger partial charge in [0.2, 0.25) is 0 Å². The Morgan fingerprint density at radius 2 is 1.90 bits per heavy atom. The van der Waals surface area contributed by atoms with Gasteiger partial charge < -0.3 is 10.6 Å². The van der Waals surface area contributed by atoms with Gasteiger partial charge in [-0.1, -0.05) is 6.07 Å². The largest absolute Gasteiger partial charge is 0.354 e. The lowest BCUT2D eigenvalue weighted by atomic mass is 10.2. The fourth-order valence-corrected chi connectivity index (χ4v) is 3.19. The molecule has 0 unspecified atom stereocenters. The zero-order chi connectivity index (χ0) is 14.8. The number of piperazine rings is 1. The molecule has 2 rings (SSSR count). The molecule has 1 saturated heterocycles. The second kappa shape index (κ2) is 6.04. The minimum absolute atomic E-state index is 0.473. The summed E-state index contributed by atoms with van der Waals surface area (Å²) in [7, 11) is -0.212. The molecule has 8 heteroatoms. The minimum atomic E-state index is -3.31. The number of aromatic nitrogens is 1. The molecule has 1 fully saturated rings. The van der Waals surface area contributed by atoms with Gasteiger partial charge in [0.25, 0.3) is 10.2 Å². The summed E-state index contributed by atoms with van der Waals surface area (Å²) in [6.45, 7) is 2.70. The Morgan fingerprint density at radius 1 is 1.25 bits per heavy atom. The molecule has 20 heavy (non-hydrogen) atoms. The van der Waals surface area contributed by atoms with Crippen molar-refractivity contribution < 1.29 is 8.42 Å². The molecule has 0 aromatic carbocycles. The zero-order valence-corrected chi connectivity index (χ0v) is 12.7. The number of rotatable bonds is 4. The summed E-state index contributed by atoms with van der Waals surface area (Å²) in [5.74, 6) is 0.865. The van der Waals surface area contributed by atoms with Crippen molar-refractivity contribution in [2.24, 2.45) is 5.73 Å². The number of nitrogens with two attached hydrogens (primary N) is 1. The molecule has 7 nitrogen and oxygen atoms in total. The SMILES string of the molecule is CN(C)S(=O)(=O)N1CCN(c2ccc(CN)cn2)CC1. The molecule has 2 heterocycles. The van der Waals surface area contributed by atoms with Crippen molar-refractivity contribution in [3.8, 4) is 0 Å². The molecular formula is C12H21N5O2S. The van der Waals surface area contributed by atoms with Crippen molar-refractivity contribution >= 4 is 16.0 Å². The molecule has 0 atom stereocenters. The van der Waals surface area contributed by atoms with E-state index in [1.807, 2.05) is 12.1 Å². The van der Waals surface area contributed by atoms with Crippen molar-refractivity contribution in [2.75, 3.05) is 45.2 Å². The molecule has 2 N–H and O–H groups in total. The van der Waals surface area contributed by atoms with Crippen LogP contribution in [0.4, 0.5) is 5.82 Å². The molecule has 0 aliphatic carbocycles. The summed E-state index contributed by atoms with van der Waals surface area (Å²) >= 11 is 0. The van der Waals surface area contributed by atoms with Crippen molar-refractivity contribution in [3.63, 3.8) is 0 Å². The van der Waals surface area contributed by atoms with E-state index in [1.165, 1.54) is 8.61 Å². The van der Waals surface area contributed by atoms with Crippen LogP contribution in [0.2, 0.25) is 0 Å². The monoisotopic (exact) mass is 299 g/mol. The van der Waals surface area contributed by atoms with Gasteiger partial charge in [-0.3, -0.25) is 0 Å². The van der Waals surface area contributed by atoms with Gasteiger partial charge in [-0.25, -0.2) is 4.98 Å². The first-order valence-corrected chi connectivity index (χ1v) is 7.92. The highest BCUT2D eigenvalue weighted by molar-refractivity contribution is 7.86. The molecule has 0 bridgehead atoms. The van der Waals surface area contributed by atoms with Gasteiger partial charge in [0.1, 0.15) is 5.82 Å². The highest BCUT2D eigenvalue weighted by Crippen LogP contribution is 2.16. The summed E-state index contributed by atoms with van der Waals surface area (Å²) in [4.78, 5) is 6.45. The first-order chi connectivity index (χ1) is 9.45. The molecular weight excluding hydrogens is 278 g/mol. The van der Waals surface area contributed by atoms with Crippen LogP contribution in [-0.4, -0.2) is 62.3 Å². The Bertz CT molecular complexity index is 535. The number of hydrogen-bond acceptors (Lipinski definition) is 5. The van der Waals surface area contributed by atoms with Gasteiger partial charge in [-0.2, -0.15) is 17.0 Å². The van der Waals surface area contributed by atoms with E-state index in [1.54, 1.807) is 20.3 Å². The van der Waals surface area contributed by atoms with Crippen LogP contribution in [0.25, 0.3) is 0 Å². The summed E-state index contributed by atoms with van der Waals surface area (Å²) < 4.78 is 26.8. The smallest absolute Gasteiger partial charge is 0.281 e. The third-order valence-corrected chi connectivity index (χ3v) is 5.34. The second-order valence-electron chi connectivity index (χ2n) is 4.91. The van der Waals surface area contributed by atoms with Crippen molar-refractivity contribution in [3.05, 3.63) is 23.9 Å². The normalized spacial score (nSPS) is 17.7. The van der Waals surface area contributed by atoms with E-state index in [2.05, 4.69) is 9.88 Å². The molecule has 112 valence electrons. The number of hydrogen-bond donors (Lipinski definition) is 1. The summed E-state index contributed by atoms with van der Waals surface area (Å²) in [5.41, 5.74) is 6.53. The molecule has 1 aliphatic rings. The quantitative estimate of drug-likeness (QED) is 0.808. The molecule has 0 amide bonds. The molecule has 0 spiro atoms. The predicted octanol–water partition coefficient (Wildman–Crippen LogP) is -0.531. The van der Waals surface area contributed by atoms with E-state index >= 15 is 0 Å². The fraction of sp³-hybridized carbons (Fsp3) is 0.583. The zero-order valence-electron chi connectivity index (χ0n) is 11.9. The third kappa shape index (κ3) is 3.09. The molecule has 0 saturated carbocycles. The van der Waals surface area contributed by atoms with Crippen LogP contribution in [0.1, 0.15) is 5.56 Å². The fourth-order valence-electron chi connectivity index (χ4n) is 2.10. The van der Waals surface area contributed by atoms with Crippen molar-refractivity contribution in [2.45, 2.75) is 6.54 Å². The second-order valence-corrected chi connectivity index (χ2v) is 7.05. The molecule has 0 radical (unpaired) electrons. The van der Waals surface area contributed by atoms with Crippen LogP contribution >= 0.6 is 0 Å². The number of nitrogens with zero attached hydrogens (tertiary/aromatic N) is 4. The molecule has 1 aliphatic heterocycles. The van der Waals surface area contributed by atoms with E-state index in [-0.39, 0.29) is 0 Å². The Kier molecular flexibility index (Phi) is 4.59. The van der Waals surface area contributed by atoms with Crippen LogP contribution in [0.15, 0.2) is 18.3 Å². The van der Waals surface area contributed by atoms with Crippen LogP contribution in [-0.2, 0) is 16.8 Å². The van der Waals surface area contributed by atoms with Crippen LogP contribution in [0, 0.1) is 0 Å². The number of pyridine rings is 1. The van der Waals surface area contributed by atoms with Crippen molar-refractivity contribution in [1.29, 1.82) is 0 Å². The van der Waals surface area contributed by atoms with Crippen LogP contribution in [0.3, 0.4) is 0 Å². The van der Waals surface area contributed by atoms with Gasteiger partial charge in [0, 0.05) is 53.0 Å². The lowest BCUT2D eigenvalue weighted by Gasteiger charge is -2.35. The van der Waals surface area contributed by atoms with E-state index in [4.69, 9.17) is 5.73 Å². The average molecular weight is 299 g/mol. The summed E-state index contributed by atoms with van der Waals surface area (Å²) in [6, 6.07) is 3.88. The topological polar surface area (TPSA) is 82.8 Å². The number of anilines is 1. The van der Waals surface area contributed by atoms with Gasteiger partial charge >= 0.3 is 0 Å². The summed E-state index contributed by atoms with van der Waals surface area (Å²) in [5, 5.41) is 0. The van der Waals surface area contributed by atoms with Gasteiger partial charge in [-0.15, -0.1) is 0 Å². The van der Waals surface area contributed by atoms with E-state index < -0.39 is 10.2 Å². The third-order valence-electron chi connectivity index (χ3n) is 3.40. The minimum Gasteiger partial charge on any atom is -0.354 e. The average Bonchev–Trinajstić information content (AvgIpc) is 2.47. The Labute approximate surface area is 120 Å². The lowest BCUT2D eigenvalue weighted by Crippen LogP contribution is -2.51. The molecule has 1 aromatic heterocycles.